The lowest BCUT2D eigenvalue weighted by Crippen LogP contribution is -2.34. The zero-order valence-electron chi connectivity index (χ0n) is 12.3. The first kappa shape index (κ1) is 15.7. The van der Waals surface area contributed by atoms with E-state index in [2.05, 4.69) is 21.2 Å². The minimum Gasteiger partial charge on any atom is -0.351 e. The number of nitrogens with one attached hydrogen (secondary N) is 1. The SMILES string of the molecule is O=C(NCc1ccccc1[N+](=O)[O-])C1(c2cccc(Br)c2)CC1. The van der Waals surface area contributed by atoms with E-state index in [1.54, 1.807) is 18.2 Å². The molecule has 0 radical (unpaired) electrons. The highest BCUT2D eigenvalue weighted by molar-refractivity contribution is 9.10. The van der Waals surface area contributed by atoms with Crippen molar-refractivity contribution in [1.29, 1.82) is 0 Å². The predicted molar refractivity (Wildman–Crippen MR) is 90.0 cm³/mol. The molecule has 1 saturated carbocycles. The van der Waals surface area contributed by atoms with E-state index in [9.17, 15) is 14.9 Å². The standard InChI is InChI=1S/C17H15BrN2O3/c18-14-6-3-5-13(10-14)17(8-9-17)16(21)19-11-12-4-1-2-7-15(12)20(22)23/h1-7,10H,8-9,11H2,(H,19,21). The first-order valence-corrected chi connectivity index (χ1v) is 8.09. The van der Waals surface area contributed by atoms with E-state index in [1.807, 2.05) is 24.3 Å². The lowest BCUT2D eigenvalue weighted by Gasteiger charge is -2.16. The van der Waals surface area contributed by atoms with E-state index in [1.165, 1.54) is 6.07 Å². The zero-order chi connectivity index (χ0) is 16.4. The number of para-hydroxylation sites is 1. The molecule has 2 aromatic rings. The zero-order valence-corrected chi connectivity index (χ0v) is 13.9. The average molecular weight is 375 g/mol. The van der Waals surface area contributed by atoms with Crippen molar-refractivity contribution in [3.05, 3.63) is 74.2 Å². The van der Waals surface area contributed by atoms with Crippen LogP contribution in [0.5, 0.6) is 0 Å². The van der Waals surface area contributed by atoms with Crippen LogP contribution in [0.1, 0.15) is 24.0 Å². The van der Waals surface area contributed by atoms with Gasteiger partial charge in [-0.05, 0) is 30.5 Å². The van der Waals surface area contributed by atoms with Gasteiger partial charge in [0.25, 0.3) is 5.69 Å². The maximum absolute atomic E-state index is 12.6. The Morgan fingerprint density at radius 1 is 1.22 bits per heavy atom. The summed E-state index contributed by atoms with van der Waals surface area (Å²) in [6.45, 7) is 0.158. The van der Waals surface area contributed by atoms with E-state index in [0.29, 0.717) is 5.56 Å². The van der Waals surface area contributed by atoms with Crippen LogP contribution in [0, 0.1) is 10.1 Å². The number of amides is 1. The molecule has 1 aliphatic rings. The summed E-state index contributed by atoms with van der Waals surface area (Å²) in [6, 6.07) is 14.2. The number of carbonyl (C=O) groups is 1. The summed E-state index contributed by atoms with van der Waals surface area (Å²) in [5, 5.41) is 13.9. The normalized spacial score (nSPS) is 15.0. The minimum atomic E-state index is -0.493. The van der Waals surface area contributed by atoms with Gasteiger partial charge >= 0.3 is 0 Å². The van der Waals surface area contributed by atoms with Crippen molar-refractivity contribution in [1.82, 2.24) is 5.32 Å². The first-order chi connectivity index (χ1) is 11.0. The number of nitro groups is 1. The van der Waals surface area contributed by atoms with Gasteiger partial charge in [0.2, 0.25) is 5.91 Å². The van der Waals surface area contributed by atoms with E-state index >= 15 is 0 Å². The molecule has 6 heteroatoms. The second-order valence-corrected chi connectivity index (χ2v) is 6.58. The summed E-state index contributed by atoms with van der Waals surface area (Å²) in [7, 11) is 0. The molecule has 0 aliphatic heterocycles. The fraction of sp³-hybridized carbons (Fsp3) is 0.235. The van der Waals surface area contributed by atoms with Crippen LogP contribution in [0.15, 0.2) is 53.0 Å². The molecule has 0 heterocycles. The molecule has 1 aliphatic carbocycles. The Balaban J connectivity index is 1.75. The predicted octanol–water partition coefficient (Wildman–Crippen LogP) is 3.71. The smallest absolute Gasteiger partial charge is 0.274 e. The largest absolute Gasteiger partial charge is 0.351 e. The average Bonchev–Trinajstić information content (AvgIpc) is 3.34. The summed E-state index contributed by atoms with van der Waals surface area (Å²) < 4.78 is 0.938. The first-order valence-electron chi connectivity index (χ1n) is 7.29. The highest BCUT2D eigenvalue weighted by Gasteiger charge is 2.51. The Morgan fingerprint density at radius 3 is 2.61 bits per heavy atom. The number of rotatable bonds is 5. The molecule has 23 heavy (non-hydrogen) atoms. The summed E-state index contributed by atoms with van der Waals surface area (Å²) in [6.07, 6.45) is 1.60. The third-order valence-corrected chi connectivity index (χ3v) is 4.68. The highest BCUT2D eigenvalue weighted by Crippen LogP contribution is 2.48. The number of hydrogen-bond donors (Lipinski definition) is 1. The fourth-order valence-electron chi connectivity index (χ4n) is 2.74. The molecule has 2 aromatic carbocycles. The summed E-state index contributed by atoms with van der Waals surface area (Å²) in [4.78, 5) is 23.2. The van der Waals surface area contributed by atoms with Crippen LogP contribution in [0.25, 0.3) is 0 Å². The summed E-state index contributed by atoms with van der Waals surface area (Å²) >= 11 is 3.43. The Bertz CT molecular complexity index is 772. The molecule has 1 amide bonds. The van der Waals surface area contributed by atoms with E-state index in [4.69, 9.17) is 0 Å². The monoisotopic (exact) mass is 374 g/mol. The molecule has 1 N–H and O–H groups in total. The Morgan fingerprint density at radius 2 is 1.96 bits per heavy atom. The van der Waals surface area contributed by atoms with E-state index in [-0.39, 0.29) is 18.1 Å². The third-order valence-electron chi connectivity index (χ3n) is 4.19. The van der Waals surface area contributed by atoms with Crippen molar-refractivity contribution < 1.29 is 9.72 Å². The van der Waals surface area contributed by atoms with Crippen molar-refractivity contribution in [2.75, 3.05) is 0 Å². The van der Waals surface area contributed by atoms with Crippen molar-refractivity contribution in [3.63, 3.8) is 0 Å². The summed E-state index contributed by atoms with van der Waals surface area (Å²) in [5.41, 5.74) is 1.02. The number of hydrogen-bond acceptors (Lipinski definition) is 3. The minimum absolute atomic E-state index is 0.0279. The molecule has 0 atom stereocenters. The van der Waals surface area contributed by atoms with Crippen LogP contribution >= 0.6 is 15.9 Å². The van der Waals surface area contributed by atoms with Crippen molar-refractivity contribution >= 4 is 27.5 Å². The molecule has 5 nitrogen and oxygen atoms in total. The molecule has 0 aromatic heterocycles. The lowest BCUT2D eigenvalue weighted by molar-refractivity contribution is -0.385. The Kier molecular flexibility index (Phi) is 4.17. The van der Waals surface area contributed by atoms with E-state index < -0.39 is 10.3 Å². The van der Waals surface area contributed by atoms with Gasteiger partial charge in [-0.25, -0.2) is 0 Å². The molecule has 0 unspecified atom stereocenters. The number of nitrogens with zero attached hydrogens (tertiary/aromatic N) is 1. The van der Waals surface area contributed by atoms with Gasteiger partial charge in [-0.15, -0.1) is 0 Å². The molecular weight excluding hydrogens is 360 g/mol. The van der Waals surface area contributed by atoms with E-state index in [0.717, 1.165) is 22.9 Å². The number of carbonyl (C=O) groups excluding carboxylic acids is 1. The fourth-order valence-corrected chi connectivity index (χ4v) is 3.14. The van der Waals surface area contributed by atoms with Crippen LogP contribution in [0.3, 0.4) is 0 Å². The number of benzene rings is 2. The van der Waals surface area contributed by atoms with Crippen molar-refractivity contribution in [2.45, 2.75) is 24.8 Å². The van der Waals surface area contributed by atoms with Crippen LogP contribution < -0.4 is 5.32 Å². The molecule has 0 spiro atoms. The van der Waals surface area contributed by atoms with Gasteiger partial charge in [-0.3, -0.25) is 14.9 Å². The van der Waals surface area contributed by atoms with Crippen molar-refractivity contribution in [2.24, 2.45) is 0 Å². The Hall–Kier alpha value is -2.21. The second kappa shape index (κ2) is 6.12. The van der Waals surface area contributed by atoms with Gasteiger partial charge < -0.3 is 5.32 Å². The second-order valence-electron chi connectivity index (χ2n) is 5.66. The van der Waals surface area contributed by atoms with Crippen LogP contribution in [-0.4, -0.2) is 10.8 Å². The van der Waals surface area contributed by atoms with Crippen LogP contribution in [0.2, 0.25) is 0 Å². The third kappa shape index (κ3) is 3.12. The molecule has 3 rings (SSSR count). The van der Waals surface area contributed by atoms with Gasteiger partial charge in [0.15, 0.2) is 0 Å². The van der Waals surface area contributed by atoms with Gasteiger partial charge in [0.1, 0.15) is 0 Å². The molecule has 118 valence electrons. The molecule has 0 bridgehead atoms. The maximum atomic E-state index is 12.6. The quantitative estimate of drug-likeness (QED) is 0.640. The molecular formula is C17H15BrN2O3. The van der Waals surface area contributed by atoms with Crippen LogP contribution in [-0.2, 0) is 16.8 Å². The van der Waals surface area contributed by atoms with Gasteiger partial charge in [-0.2, -0.15) is 0 Å². The van der Waals surface area contributed by atoms with Gasteiger partial charge in [0, 0.05) is 22.6 Å². The van der Waals surface area contributed by atoms with Gasteiger partial charge in [0.05, 0.1) is 10.3 Å². The number of halogens is 1. The molecule has 0 saturated heterocycles. The van der Waals surface area contributed by atoms with Crippen molar-refractivity contribution in [3.8, 4) is 0 Å². The molecule has 1 fully saturated rings. The topological polar surface area (TPSA) is 72.2 Å². The highest BCUT2D eigenvalue weighted by atomic mass is 79.9. The van der Waals surface area contributed by atoms with Crippen LogP contribution in [0.4, 0.5) is 5.69 Å². The Labute approximate surface area is 142 Å². The van der Waals surface area contributed by atoms with Gasteiger partial charge in [-0.1, -0.05) is 46.3 Å². The lowest BCUT2D eigenvalue weighted by atomic mass is 9.95. The summed E-state index contributed by atoms with van der Waals surface area (Å²) in [5.74, 6) is -0.0752. The maximum Gasteiger partial charge on any atom is 0.274 e. The number of nitro benzene ring substituents is 1.